The molecule has 1 saturated heterocycles. The van der Waals surface area contributed by atoms with Crippen LogP contribution in [0.1, 0.15) is 27.2 Å². The van der Waals surface area contributed by atoms with Crippen molar-refractivity contribution in [2.45, 2.75) is 32.4 Å². The van der Waals surface area contributed by atoms with Crippen LogP contribution in [0.15, 0.2) is 0 Å². The Balaban J connectivity index is 2.33. The maximum atomic E-state index is 11.4. The van der Waals surface area contributed by atoms with E-state index in [1.807, 2.05) is 0 Å². The van der Waals surface area contributed by atoms with Crippen molar-refractivity contribution in [1.29, 1.82) is 0 Å². The van der Waals surface area contributed by atoms with Gasteiger partial charge in [-0.25, -0.2) is 0 Å². The number of hydrogen-bond acceptors (Lipinski definition) is 2. The van der Waals surface area contributed by atoms with Crippen LogP contribution in [0.2, 0.25) is 0 Å². The molecule has 1 aliphatic heterocycles. The third kappa shape index (κ3) is 3.39. The van der Waals surface area contributed by atoms with Crippen LogP contribution in [0, 0.1) is 5.92 Å². The first-order valence-electron chi connectivity index (χ1n) is 5.23. The van der Waals surface area contributed by atoms with Crippen molar-refractivity contribution in [1.82, 2.24) is 4.90 Å². The van der Waals surface area contributed by atoms with Gasteiger partial charge < -0.3 is 4.90 Å². The predicted molar refractivity (Wildman–Crippen MR) is 58.4 cm³/mol. The van der Waals surface area contributed by atoms with Crippen molar-refractivity contribution in [3.05, 3.63) is 0 Å². The second-order valence-electron chi connectivity index (χ2n) is 4.17. The third-order valence-electron chi connectivity index (χ3n) is 2.84. The molecular weight excluding hydrogens is 182 g/mol. The summed E-state index contributed by atoms with van der Waals surface area (Å²) in [5.41, 5.74) is 0. The molecule has 0 spiro atoms. The number of hydrogen-bond donors (Lipinski definition) is 0. The molecule has 1 heterocycles. The summed E-state index contributed by atoms with van der Waals surface area (Å²) in [5.74, 6) is 1.65. The van der Waals surface area contributed by atoms with Gasteiger partial charge in [0.15, 0.2) is 0 Å². The van der Waals surface area contributed by atoms with Crippen LogP contribution in [0.25, 0.3) is 0 Å². The quantitative estimate of drug-likeness (QED) is 0.692. The average Bonchev–Trinajstić information content (AvgIpc) is 2.11. The van der Waals surface area contributed by atoms with Gasteiger partial charge in [0.25, 0.3) is 0 Å². The van der Waals surface area contributed by atoms with Gasteiger partial charge in [0.1, 0.15) is 0 Å². The molecule has 0 aliphatic carbocycles. The Morgan fingerprint density at radius 3 is 2.85 bits per heavy atom. The third-order valence-corrected chi connectivity index (χ3v) is 4.47. The summed E-state index contributed by atoms with van der Waals surface area (Å²) in [6.45, 7) is 9.85. The molecule has 3 heteroatoms. The molecule has 3 unspecified atom stereocenters. The summed E-state index contributed by atoms with van der Waals surface area (Å²) in [7, 11) is -0.564. The van der Waals surface area contributed by atoms with E-state index >= 15 is 0 Å². The summed E-state index contributed by atoms with van der Waals surface area (Å²) in [4.78, 5) is 2.46. The van der Waals surface area contributed by atoms with Crippen LogP contribution in [0.5, 0.6) is 0 Å². The van der Waals surface area contributed by atoms with Crippen LogP contribution in [0.4, 0.5) is 0 Å². The minimum Gasteiger partial charge on any atom is -0.301 e. The summed E-state index contributed by atoms with van der Waals surface area (Å²) < 4.78 is 11.4. The van der Waals surface area contributed by atoms with Crippen molar-refractivity contribution in [3.8, 4) is 0 Å². The van der Waals surface area contributed by atoms with Crippen molar-refractivity contribution in [2.75, 3.05) is 25.4 Å². The molecule has 0 aromatic carbocycles. The van der Waals surface area contributed by atoms with Gasteiger partial charge in [0.05, 0.1) is 0 Å². The van der Waals surface area contributed by atoms with E-state index in [1.165, 1.54) is 13.0 Å². The molecule has 13 heavy (non-hydrogen) atoms. The Bertz CT molecular complexity index is 184. The van der Waals surface area contributed by atoms with Crippen molar-refractivity contribution < 1.29 is 4.21 Å². The van der Waals surface area contributed by atoms with Crippen LogP contribution in [-0.2, 0) is 10.8 Å². The van der Waals surface area contributed by atoms with Crippen molar-refractivity contribution >= 4 is 10.8 Å². The standard InChI is InChI=1S/C10H21NOS/c1-4-9(2)7-11-5-6-13(12)10(3)8-11/h9-10H,4-8H2,1-3H3. The zero-order valence-electron chi connectivity index (χ0n) is 8.95. The lowest BCUT2D eigenvalue weighted by Crippen LogP contribution is -2.44. The van der Waals surface area contributed by atoms with E-state index in [4.69, 9.17) is 0 Å². The minimum absolute atomic E-state index is 0.373. The van der Waals surface area contributed by atoms with Crippen LogP contribution in [0.3, 0.4) is 0 Å². The van der Waals surface area contributed by atoms with Gasteiger partial charge in [-0.3, -0.25) is 4.21 Å². The topological polar surface area (TPSA) is 20.3 Å². The van der Waals surface area contributed by atoms with Gasteiger partial charge in [-0.1, -0.05) is 20.3 Å². The minimum atomic E-state index is -0.564. The zero-order valence-corrected chi connectivity index (χ0v) is 9.77. The van der Waals surface area contributed by atoms with E-state index in [9.17, 15) is 4.21 Å². The first-order chi connectivity index (χ1) is 6.13. The molecule has 0 radical (unpaired) electrons. The summed E-state index contributed by atoms with van der Waals surface area (Å²) in [5, 5.41) is 0.373. The average molecular weight is 203 g/mol. The maximum Gasteiger partial charge on any atom is 0.0447 e. The summed E-state index contributed by atoms with van der Waals surface area (Å²) in [6.07, 6.45) is 1.24. The molecule has 1 fully saturated rings. The van der Waals surface area contributed by atoms with E-state index in [0.717, 1.165) is 24.8 Å². The molecular formula is C10H21NOS. The first-order valence-corrected chi connectivity index (χ1v) is 6.61. The summed E-state index contributed by atoms with van der Waals surface area (Å²) >= 11 is 0. The number of nitrogens with zero attached hydrogens (tertiary/aromatic N) is 1. The largest absolute Gasteiger partial charge is 0.301 e. The lowest BCUT2D eigenvalue weighted by Gasteiger charge is -2.32. The highest BCUT2D eigenvalue weighted by molar-refractivity contribution is 7.85. The lowest BCUT2D eigenvalue weighted by atomic mass is 10.1. The van der Waals surface area contributed by atoms with Crippen LogP contribution >= 0.6 is 0 Å². The molecule has 0 aromatic rings. The van der Waals surface area contributed by atoms with Gasteiger partial charge in [-0.2, -0.15) is 0 Å². The fourth-order valence-corrected chi connectivity index (χ4v) is 2.91. The molecule has 0 aromatic heterocycles. The molecule has 0 bridgehead atoms. The highest BCUT2D eigenvalue weighted by atomic mass is 32.2. The fourth-order valence-electron chi connectivity index (χ4n) is 1.69. The normalized spacial score (nSPS) is 33.2. The Labute approximate surface area is 84.2 Å². The Morgan fingerprint density at radius 2 is 2.31 bits per heavy atom. The second kappa shape index (κ2) is 5.11. The highest BCUT2D eigenvalue weighted by Gasteiger charge is 2.22. The molecule has 2 nitrogen and oxygen atoms in total. The smallest absolute Gasteiger partial charge is 0.0447 e. The van der Waals surface area contributed by atoms with Crippen molar-refractivity contribution in [3.63, 3.8) is 0 Å². The van der Waals surface area contributed by atoms with E-state index in [-0.39, 0.29) is 0 Å². The molecule has 1 rings (SSSR count). The molecule has 0 amide bonds. The monoisotopic (exact) mass is 203 g/mol. The Hall–Kier alpha value is 0.110. The summed E-state index contributed by atoms with van der Waals surface area (Å²) in [6, 6.07) is 0. The van der Waals surface area contributed by atoms with Crippen LogP contribution in [-0.4, -0.2) is 39.7 Å². The molecule has 3 atom stereocenters. The second-order valence-corrected chi connectivity index (χ2v) is 6.14. The van der Waals surface area contributed by atoms with E-state index < -0.39 is 10.8 Å². The van der Waals surface area contributed by atoms with Gasteiger partial charge in [-0.05, 0) is 12.8 Å². The molecule has 0 N–H and O–H groups in total. The van der Waals surface area contributed by atoms with E-state index in [2.05, 4.69) is 25.7 Å². The predicted octanol–water partition coefficient (Wildman–Crippen LogP) is 1.49. The Kier molecular flexibility index (Phi) is 4.39. The van der Waals surface area contributed by atoms with E-state index in [0.29, 0.717) is 5.25 Å². The Morgan fingerprint density at radius 1 is 1.62 bits per heavy atom. The van der Waals surface area contributed by atoms with Crippen LogP contribution < -0.4 is 0 Å². The van der Waals surface area contributed by atoms with Gasteiger partial charge in [-0.15, -0.1) is 0 Å². The molecule has 1 aliphatic rings. The lowest BCUT2D eigenvalue weighted by molar-refractivity contribution is 0.242. The molecule has 78 valence electrons. The van der Waals surface area contributed by atoms with Gasteiger partial charge >= 0.3 is 0 Å². The van der Waals surface area contributed by atoms with E-state index in [1.54, 1.807) is 0 Å². The SMILES string of the molecule is CCC(C)CN1CCS(=O)C(C)C1. The first kappa shape index (κ1) is 11.2. The molecule has 0 saturated carbocycles. The van der Waals surface area contributed by atoms with Crippen molar-refractivity contribution in [2.24, 2.45) is 5.92 Å². The highest BCUT2D eigenvalue weighted by Crippen LogP contribution is 2.11. The number of rotatable bonds is 3. The zero-order chi connectivity index (χ0) is 9.84. The fraction of sp³-hybridized carbons (Fsp3) is 1.00. The van der Waals surface area contributed by atoms with Gasteiger partial charge in [0.2, 0.25) is 0 Å². The van der Waals surface area contributed by atoms with Gasteiger partial charge in [0, 0.05) is 41.4 Å². The maximum absolute atomic E-state index is 11.4.